The van der Waals surface area contributed by atoms with Crippen LogP contribution < -0.4 is 4.90 Å². The van der Waals surface area contributed by atoms with Gasteiger partial charge in [0.1, 0.15) is 0 Å². The second-order valence-corrected chi connectivity index (χ2v) is 5.93. The minimum Gasteiger partial charge on any atom is -0.481 e. The molecule has 0 aromatic carbocycles. The third-order valence-corrected chi connectivity index (χ3v) is 4.80. The van der Waals surface area contributed by atoms with Crippen LogP contribution >= 0.6 is 11.3 Å². The van der Waals surface area contributed by atoms with E-state index in [1.54, 1.807) is 11.3 Å². The molecule has 0 radical (unpaired) electrons. The number of carbonyl (C=O) groups is 1. The lowest BCUT2D eigenvalue weighted by atomic mass is 9.75. The number of carboxylic acid groups (broad SMARTS) is 1. The Labute approximate surface area is 112 Å². The monoisotopic (exact) mass is 268 g/mol. The number of thiazole rings is 1. The molecule has 1 aliphatic rings. The predicted molar refractivity (Wildman–Crippen MR) is 73.3 cm³/mol. The van der Waals surface area contributed by atoms with Crippen molar-refractivity contribution in [2.75, 3.05) is 18.0 Å². The Morgan fingerprint density at radius 1 is 1.56 bits per heavy atom. The molecule has 0 amide bonds. The molecule has 1 saturated heterocycles. The third-order valence-electron chi connectivity index (χ3n) is 3.78. The lowest BCUT2D eigenvalue weighted by Crippen LogP contribution is -2.44. The van der Waals surface area contributed by atoms with Gasteiger partial charge in [0.05, 0.1) is 11.1 Å². The van der Waals surface area contributed by atoms with Crippen molar-refractivity contribution >= 4 is 22.4 Å². The van der Waals surface area contributed by atoms with Crippen molar-refractivity contribution in [1.29, 1.82) is 0 Å². The highest BCUT2D eigenvalue weighted by Crippen LogP contribution is 2.38. The van der Waals surface area contributed by atoms with Gasteiger partial charge in [0, 0.05) is 18.5 Å². The minimum absolute atomic E-state index is 0.502. The fourth-order valence-electron chi connectivity index (χ4n) is 2.66. The summed E-state index contributed by atoms with van der Waals surface area (Å²) in [5.74, 6) is -0.626. The minimum atomic E-state index is -0.626. The van der Waals surface area contributed by atoms with Crippen LogP contribution in [0.1, 0.15) is 38.3 Å². The molecule has 2 heterocycles. The average Bonchev–Trinajstić information content (AvgIpc) is 2.77. The summed E-state index contributed by atoms with van der Waals surface area (Å²) in [4.78, 5) is 18.2. The van der Waals surface area contributed by atoms with Crippen LogP contribution in [0.15, 0.2) is 5.38 Å². The summed E-state index contributed by atoms with van der Waals surface area (Å²) in [7, 11) is 0. The molecule has 0 unspecified atom stereocenters. The van der Waals surface area contributed by atoms with E-state index in [9.17, 15) is 9.90 Å². The number of hydrogen-bond acceptors (Lipinski definition) is 4. The van der Waals surface area contributed by atoms with Crippen LogP contribution in [-0.2, 0) is 4.79 Å². The maximum Gasteiger partial charge on any atom is 0.309 e. The molecule has 0 atom stereocenters. The number of aliphatic carboxylic acids is 1. The first kappa shape index (κ1) is 13.3. The number of hydrogen-bond donors (Lipinski definition) is 1. The molecular weight excluding hydrogens is 248 g/mol. The zero-order valence-electron chi connectivity index (χ0n) is 11.0. The zero-order valence-corrected chi connectivity index (χ0v) is 11.8. The van der Waals surface area contributed by atoms with Crippen LogP contribution in [0.4, 0.5) is 5.13 Å². The van der Waals surface area contributed by atoms with E-state index >= 15 is 0 Å². The Morgan fingerprint density at radius 2 is 2.22 bits per heavy atom. The van der Waals surface area contributed by atoms with Gasteiger partial charge in [-0.3, -0.25) is 4.79 Å². The second kappa shape index (κ2) is 5.26. The number of piperidine rings is 1. The molecule has 0 aliphatic carbocycles. The third kappa shape index (κ3) is 2.51. The van der Waals surface area contributed by atoms with Crippen molar-refractivity contribution < 1.29 is 9.90 Å². The predicted octanol–water partition coefficient (Wildman–Crippen LogP) is 2.92. The summed E-state index contributed by atoms with van der Waals surface area (Å²) in [6.45, 7) is 5.66. The Morgan fingerprint density at radius 3 is 2.67 bits per heavy atom. The summed E-state index contributed by atoms with van der Waals surface area (Å²) in [6.07, 6.45) is 3.18. The summed E-state index contributed by atoms with van der Waals surface area (Å²) in [5, 5.41) is 12.5. The molecular formula is C13H20N2O2S. The van der Waals surface area contributed by atoms with Gasteiger partial charge in [0.15, 0.2) is 5.13 Å². The smallest absolute Gasteiger partial charge is 0.309 e. The Balaban J connectivity index is 2.04. The quantitative estimate of drug-likeness (QED) is 0.912. The van der Waals surface area contributed by atoms with Gasteiger partial charge in [-0.25, -0.2) is 4.98 Å². The number of carboxylic acids is 1. The number of nitrogens with zero attached hydrogens (tertiary/aromatic N) is 2. The van der Waals surface area contributed by atoms with E-state index in [0.29, 0.717) is 0 Å². The maximum atomic E-state index is 11.5. The average molecular weight is 268 g/mol. The molecule has 1 fully saturated rings. The van der Waals surface area contributed by atoms with Crippen LogP contribution in [0.2, 0.25) is 0 Å². The number of aromatic nitrogens is 1. The molecule has 1 aliphatic heterocycles. The molecule has 2 rings (SSSR count). The van der Waals surface area contributed by atoms with Gasteiger partial charge >= 0.3 is 5.97 Å². The van der Waals surface area contributed by atoms with E-state index in [-0.39, 0.29) is 0 Å². The maximum absolute atomic E-state index is 11.5. The first-order valence-electron chi connectivity index (χ1n) is 6.48. The molecule has 0 spiro atoms. The Kier molecular flexibility index (Phi) is 3.90. The van der Waals surface area contributed by atoms with Gasteiger partial charge in [-0.15, -0.1) is 11.3 Å². The Hall–Kier alpha value is -1.10. The van der Waals surface area contributed by atoms with Crippen molar-refractivity contribution in [3.63, 3.8) is 0 Å². The van der Waals surface area contributed by atoms with Crippen molar-refractivity contribution in [1.82, 2.24) is 4.98 Å². The fraction of sp³-hybridized carbons (Fsp3) is 0.692. The SMILES string of the molecule is CCCC1(C(=O)O)CCN(c2nc(C)cs2)CC1. The zero-order chi connectivity index (χ0) is 13.2. The van der Waals surface area contributed by atoms with Crippen molar-refractivity contribution in [2.24, 2.45) is 5.41 Å². The normalized spacial score (nSPS) is 18.9. The number of rotatable bonds is 4. The first-order chi connectivity index (χ1) is 8.57. The van der Waals surface area contributed by atoms with E-state index in [4.69, 9.17) is 0 Å². The van der Waals surface area contributed by atoms with E-state index in [0.717, 1.165) is 49.6 Å². The summed E-state index contributed by atoms with van der Waals surface area (Å²) in [5.41, 5.74) is 0.538. The van der Waals surface area contributed by atoms with Gasteiger partial charge in [-0.05, 0) is 26.2 Å². The highest BCUT2D eigenvalue weighted by molar-refractivity contribution is 7.13. The van der Waals surface area contributed by atoms with E-state index in [1.165, 1.54) is 0 Å². The van der Waals surface area contributed by atoms with Crippen LogP contribution in [0.5, 0.6) is 0 Å². The topological polar surface area (TPSA) is 53.4 Å². The van der Waals surface area contributed by atoms with Gasteiger partial charge < -0.3 is 10.0 Å². The first-order valence-corrected chi connectivity index (χ1v) is 7.36. The van der Waals surface area contributed by atoms with Gasteiger partial charge in [-0.2, -0.15) is 0 Å². The second-order valence-electron chi connectivity index (χ2n) is 5.09. The summed E-state index contributed by atoms with van der Waals surface area (Å²) in [6, 6.07) is 0. The van der Waals surface area contributed by atoms with E-state index < -0.39 is 11.4 Å². The fourth-order valence-corrected chi connectivity index (χ4v) is 3.52. The molecule has 100 valence electrons. The number of aryl methyl sites for hydroxylation is 1. The molecule has 18 heavy (non-hydrogen) atoms. The van der Waals surface area contributed by atoms with Crippen molar-refractivity contribution in [3.05, 3.63) is 11.1 Å². The van der Waals surface area contributed by atoms with Gasteiger partial charge in [0.25, 0.3) is 0 Å². The standard InChI is InChI=1S/C13H20N2O2S/c1-3-4-13(11(16)17)5-7-15(8-6-13)12-14-10(2)9-18-12/h9H,3-8H2,1-2H3,(H,16,17). The van der Waals surface area contributed by atoms with Gasteiger partial charge in [-0.1, -0.05) is 13.3 Å². The highest BCUT2D eigenvalue weighted by Gasteiger charge is 2.40. The Bertz CT molecular complexity index is 422. The molecule has 1 aromatic rings. The lowest BCUT2D eigenvalue weighted by Gasteiger charge is -2.38. The van der Waals surface area contributed by atoms with Crippen molar-refractivity contribution in [3.8, 4) is 0 Å². The molecule has 1 N–H and O–H groups in total. The van der Waals surface area contributed by atoms with E-state index in [1.807, 2.05) is 12.3 Å². The summed E-state index contributed by atoms with van der Waals surface area (Å²) >= 11 is 1.65. The molecule has 0 saturated carbocycles. The molecule has 0 bridgehead atoms. The van der Waals surface area contributed by atoms with E-state index in [2.05, 4.69) is 16.8 Å². The molecule has 1 aromatic heterocycles. The summed E-state index contributed by atoms with van der Waals surface area (Å²) < 4.78 is 0. The van der Waals surface area contributed by atoms with Crippen LogP contribution in [0, 0.1) is 12.3 Å². The molecule has 5 heteroatoms. The van der Waals surface area contributed by atoms with Crippen LogP contribution in [0.3, 0.4) is 0 Å². The lowest BCUT2D eigenvalue weighted by molar-refractivity contribution is -0.150. The van der Waals surface area contributed by atoms with Crippen LogP contribution in [0.25, 0.3) is 0 Å². The highest BCUT2D eigenvalue weighted by atomic mass is 32.1. The largest absolute Gasteiger partial charge is 0.481 e. The number of anilines is 1. The van der Waals surface area contributed by atoms with Gasteiger partial charge in [0.2, 0.25) is 0 Å². The van der Waals surface area contributed by atoms with Crippen molar-refractivity contribution in [2.45, 2.75) is 39.5 Å². The molecule has 4 nitrogen and oxygen atoms in total. The van der Waals surface area contributed by atoms with Crippen LogP contribution in [-0.4, -0.2) is 29.1 Å².